The summed E-state index contributed by atoms with van der Waals surface area (Å²) in [4.78, 5) is 65.6. The zero-order valence-corrected chi connectivity index (χ0v) is 20.1. The van der Waals surface area contributed by atoms with Gasteiger partial charge in [-0.25, -0.2) is 4.79 Å². The number of aliphatic hydroxyl groups excluding tert-OH is 1. The fraction of sp³-hybridized carbons (Fsp3) is 0.458. The Morgan fingerprint density at radius 1 is 1.11 bits per heavy atom. The van der Waals surface area contributed by atoms with Crippen LogP contribution in [0.2, 0.25) is 0 Å². The lowest BCUT2D eigenvalue weighted by molar-refractivity contribution is -0.144. The lowest BCUT2D eigenvalue weighted by Crippen LogP contribution is -2.57. The third kappa shape index (κ3) is 6.83. The first-order valence-electron chi connectivity index (χ1n) is 11.9. The Morgan fingerprint density at radius 2 is 1.84 bits per heavy atom. The fourth-order valence-electron chi connectivity index (χ4n) is 4.37. The molecule has 0 aliphatic carbocycles. The van der Waals surface area contributed by atoms with Crippen LogP contribution in [-0.2, 0) is 30.4 Å². The summed E-state index contributed by atoms with van der Waals surface area (Å²) in [6.07, 6.45) is 2.16. The molecule has 1 aromatic carbocycles. The second-order valence-electron chi connectivity index (χ2n) is 8.94. The molecule has 200 valence electrons. The van der Waals surface area contributed by atoms with Crippen molar-refractivity contribution in [2.75, 3.05) is 13.2 Å². The van der Waals surface area contributed by atoms with Gasteiger partial charge in [-0.2, -0.15) is 0 Å². The summed E-state index contributed by atoms with van der Waals surface area (Å²) in [7, 11) is 0. The molecule has 0 bridgehead atoms. The number of carboxylic acid groups (broad SMARTS) is 2. The number of rotatable bonds is 12. The molecule has 2 heterocycles. The smallest absolute Gasteiger partial charge is 0.328 e. The van der Waals surface area contributed by atoms with Crippen molar-refractivity contribution in [3.63, 3.8) is 0 Å². The molecule has 4 atom stereocenters. The first-order valence-corrected chi connectivity index (χ1v) is 11.9. The summed E-state index contributed by atoms with van der Waals surface area (Å²) < 4.78 is 0. The summed E-state index contributed by atoms with van der Waals surface area (Å²) in [6.45, 7) is -0.587. The SMILES string of the molecule is NC(CCC(=O)O)C(=O)N1CCCC1C(=O)NC(Cc1c[nH]c2ccccc12)C(=O)NC(CO)C(=O)O. The van der Waals surface area contributed by atoms with Gasteiger partial charge in [0.15, 0.2) is 0 Å². The van der Waals surface area contributed by atoms with E-state index in [9.17, 15) is 34.2 Å². The summed E-state index contributed by atoms with van der Waals surface area (Å²) >= 11 is 0. The number of aliphatic carboxylic acids is 2. The topological polar surface area (TPSA) is 215 Å². The van der Waals surface area contributed by atoms with E-state index >= 15 is 0 Å². The third-order valence-corrected chi connectivity index (χ3v) is 6.35. The Balaban J connectivity index is 1.79. The lowest BCUT2D eigenvalue weighted by Gasteiger charge is -2.28. The van der Waals surface area contributed by atoms with E-state index in [0.717, 1.165) is 10.9 Å². The highest BCUT2D eigenvalue weighted by atomic mass is 16.4. The summed E-state index contributed by atoms with van der Waals surface area (Å²) in [5.74, 6) is -4.51. The van der Waals surface area contributed by atoms with Crippen molar-refractivity contribution in [3.05, 3.63) is 36.0 Å². The second-order valence-corrected chi connectivity index (χ2v) is 8.94. The van der Waals surface area contributed by atoms with E-state index in [-0.39, 0.29) is 25.8 Å². The zero-order valence-electron chi connectivity index (χ0n) is 20.1. The zero-order chi connectivity index (χ0) is 27.1. The molecule has 0 spiro atoms. The monoisotopic (exact) mass is 517 g/mol. The van der Waals surface area contributed by atoms with Crippen LogP contribution in [0.3, 0.4) is 0 Å². The Bertz CT molecular complexity index is 1160. The van der Waals surface area contributed by atoms with Crippen LogP contribution in [0.5, 0.6) is 0 Å². The van der Waals surface area contributed by atoms with Crippen LogP contribution in [0.15, 0.2) is 30.5 Å². The maximum Gasteiger partial charge on any atom is 0.328 e. The molecular formula is C24H31N5O8. The minimum absolute atomic E-state index is 0.0120. The molecule has 13 heteroatoms. The number of likely N-dealkylation sites (tertiary alicyclic amines) is 1. The maximum atomic E-state index is 13.3. The van der Waals surface area contributed by atoms with Gasteiger partial charge in [-0.05, 0) is 30.9 Å². The van der Waals surface area contributed by atoms with Crippen LogP contribution < -0.4 is 16.4 Å². The number of hydrogen-bond donors (Lipinski definition) is 7. The number of para-hydroxylation sites is 1. The van der Waals surface area contributed by atoms with E-state index in [1.807, 2.05) is 24.3 Å². The standard InChI is InChI=1S/C24H31N5O8/c25-15(7-8-20(31)32)23(35)29-9-3-6-19(29)22(34)27-17(21(33)28-18(12-30)24(36)37)10-13-11-26-16-5-2-1-4-14(13)16/h1-2,4-5,11,15,17-19,26,30H,3,6-10,12,25H2,(H,27,34)(H,28,33)(H,31,32)(H,36,37). The average Bonchev–Trinajstić information content (AvgIpc) is 3.52. The lowest BCUT2D eigenvalue weighted by atomic mass is 10.0. The number of carboxylic acids is 2. The van der Waals surface area contributed by atoms with Crippen molar-refractivity contribution in [1.29, 1.82) is 0 Å². The molecule has 1 aliphatic rings. The molecule has 13 nitrogen and oxygen atoms in total. The number of hydrogen-bond acceptors (Lipinski definition) is 7. The van der Waals surface area contributed by atoms with Gasteiger partial charge in [-0.3, -0.25) is 19.2 Å². The van der Waals surface area contributed by atoms with Gasteiger partial charge in [0.1, 0.15) is 18.1 Å². The van der Waals surface area contributed by atoms with Crippen molar-refractivity contribution in [2.24, 2.45) is 5.73 Å². The summed E-state index contributed by atoms with van der Waals surface area (Å²) in [6, 6.07) is 2.54. The Kier molecular flexibility index (Phi) is 9.20. The van der Waals surface area contributed by atoms with Crippen LogP contribution in [0.4, 0.5) is 0 Å². The molecule has 1 aromatic heterocycles. The number of aromatic nitrogens is 1. The number of nitrogens with one attached hydrogen (secondary N) is 3. The predicted molar refractivity (Wildman–Crippen MR) is 130 cm³/mol. The van der Waals surface area contributed by atoms with Crippen LogP contribution in [0.1, 0.15) is 31.2 Å². The van der Waals surface area contributed by atoms with Crippen molar-refractivity contribution in [2.45, 2.75) is 56.3 Å². The van der Waals surface area contributed by atoms with Crippen molar-refractivity contribution in [1.82, 2.24) is 20.5 Å². The quantitative estimate of drug-likeness (QED) is 0.182. The molecule has 0 radical (unpaired) electrons. The van der Waals surface area contributed by atoms with Crippen LogP contribution >= 0.6 is 0 Å². The molecule has 4 unspecified atom stereocenters. The summed E-state index contributed by atoms with van der Waals surface area (Å²) in [5.41, 5.74) is 7.37. The fourth-order valence-corrected chi connectivity index (χ4v) is 4.37. The molecule has 0 saturated carbocycles. The molecule has 8 N–H and O–H groups in total. The molecule has 1 fully saturated rings. The van der Waals surface area contributed by atoms with E-state index in [0.29, 0.717) is 18.4 Å². The van der Waals surface area contributed by atoms with Gasteiger partial charge >= 0.3 is 11.9 Å². The van der Waals surface area contributed by atoms with Gasteiger partial charge in [0.25, 0.3) is 0 Å². The van der Waals surface area contributed by atoms with Gasteiger partial charge in [0.05, 0.1) is 12.6 Å². The predicted octanol–water partition coefficient (Wildman–Crippen LogP) is -1.06. The Morgan fingerprint density at radius 3 is 2.51 bits per heavy atom. The Hall–Kier alpha value is -3.97. The maximum absolute atomic E-state index is 13.3. The van der Waals surface area contributed by atoms with Crippen molar-refractivity contribution >= 4 is 40.6 Å². The number of nitrogens with zero attached hydrogens (tertiary/aromatic N) is 1. The van der Waals surface area contributed by atoms with E-state index < -0.39 is 60.4 Å². The van der Waals surface area contributed by atoms with E-state index in [2.05, 4.69) is 15.6 Å². The van der Waals surface area contributed by atoms with Gasteiger partial charge in [0.2, 0.25) is 17.7 Å². The third-order valence-electron chi connectivity index (χ3n) is 6.35. The number of benzene rings is 1. The molecule has 37 heavy (non-hydrogen) atoms. The highest BCUT2D eigenvalue weighted by Gasteiger charge is 2.38. The van der Waals surface area contributed by atoms with Crippen LogP contribution in [-0.4, -0.2) is 92.2 Å². The number of carbonyl (C=O) groups excluding carboxylic acids is 3. The number of H-pyrrole nitrogens is 1. The van der Waals surface area contributed by atoms with Gasteiger partial charge in [-0.15, -0.1) is 0 Å². The van der Waals surface area contributed by atoms with Gasteiger partial charge < -0.3 is 41.6 Å². The largest absolute Gasteiger partial charge is 0.481 e. The van der Waals surface area contributed by atoms with Crippen LogP contribution in [0.25, 0.3) is 10.9 Å². The van der Waals surface area contributed by atoms with Gasteiger partial charge in [0, 0.05) is 36.5 Å². The molecule has 3 amide bonds. The van der Waals surface area contributed by atoms with Crippen LogP contribution in [0, 0.1) is 0 Å². The number of nitrogens with two attached hydrogens (primary N) is 1. The summed E-state index contributed by atoms with van der Waals surface area (Å²) in [5, 5.41) is 33.1. The second kappa shape index (κ2) is 12.3. The van der Waals surface area contributed by atoms with E-state index in [1.54, 1.807) is 6.20 Å². The van der Waals surface area contributed by atoms with E-state index in [1.165, 1.54) is 4.90 Å². The molecule has 1 aliphatic heterocycles. The molecule has 1 saturated heterocycles. The number of carbonyl (C=O) groups is 5. The molecule has 3 rings (SSSR count). The number of fused-ring (bicyclic) bond motifs is 1. The normalized spacial score (nSPS) is 17.7. The minimum Gasteiger partial charge on any atom is -0.481 e. The minimum atomic E-state index is -1.56. The first kappa shape index (κ1) is 27.6. The number of aromatic amines is 1. The average molecular weight is 518 g/mol. The molecule has 2 aromatic rings. The highest BCUT2D eigenvalue weighted by Crippen LogP contribution is 2.21. The number of aliphatic hydroxyl groups is 1. The van der Waals surface area contributed by atoms with E-state index in [4.69, 9.17) is 10.8 Å². The van der Waals surface area contributed by atoms with Gasteiger partial charge in [-0.1, -0.05) is 18.2 Å². The van der Waals surface area contributed by atoms with Crippen molar-refractivity contribution in [3.8, 4) is 0 Å². The first-order chi connectivity index (χ1) is 17.6. The number of amides is 3. The molecular weight excluding hydrogens is 486 g/mol. The highest BCUT2D eigenvalue weighted by molar-refractivity contribution is 5.95. The van der Waals surface area contributed by atoms with Crippen molar-refractivity contribution < 1.29 is 39.3 Å². The Labute approximate surface area is 212 Å².